The number of benzene rings is 2. The summed E-state index contributed by atoms with van der Waals surface area (Å²) in [7, 11) is 1.56. The zero-order valence-electron chi connectivity index (χ0n) is 19.4. The van der Waals surface area contributed by atoms with Gasteiger partial charge in [-0.05, 0) is 63.7 Å². The summed E-state index contributed by atoms with van der Waals surface area (Å²) in [5.41, 5.74) is 2.38. The molecule has 2 aromatic rings. The van der Waals surface area contributed by atoms with Gasteiger partial charge in [0, 0.05) is 6.54 Å². The summed E-state index contributed by atoms with van der Waals surface area (Å²) in [4.78, 5) is 14.9. The van der Waals surface area contributed by atoms with Crippen LogP contribution in [-0.4, -0.2) is 50.6 Å². The Hall–Kier alpha value is -2.24. The van der Waals surface area contributed by atoms with Gasteiger partial charge in [0.1, 0.15) is 6.61 Å². The molecular weight excluding hydrogens is 426 g/mol. The van der Waals surface area contributed by atoms with E-state index >= 15 is 0 Å². The Morgan fingerprint density at radius 2 is 1.69 bits per heavy atom. The summed E-state index contributed by atoms with van der Waals surface area (Å²) in [5.74, 6) is 1.17. The summed E-state index contributed by atoms with van der Waals surface area (Å²) < 4.78 is 17.9. The first-order valence-electron chi connectivity index (χ1n) is 11.5. The van der Waals surface area contributed by atoms with Crippen molar-refractivity contribution in [1.29, 1.82) is 0 Å². The number of Topliss-reactive ketones (excluding diaryl/α,β-unsaturated/α-hetero) is 1. The molecule has 32 heavy (non-hydrogen) atoms. The van der Waals surface area contributed by atoms with Crippen LogP contribution in [0, 0.1) is 6.92 Å². The molecule has 0 aromatic heterocycles. The quantitative estimate of drug-likeness (QED) is 0.317. The highest BCUT2D eigenvalue weighted by Gasteiger charge is 2.27. The molecule has 1 heterocycles. The molecule has 0 atom stereocenters. The van der Waals surface area contributed by atoms with E-state index in [0.29, 0.717) is 46.6 Å². The molecule has 5 nitrogen and oxygen atoms in total. The Morgan fingerprint density at radius 3 is 2.34 bits per heavy atom. The molecule has 0 bridgehead atoms. The van der Waals surface area contributed by atoms with Crippen LogP contribution in [-0.2, 0) is 6.42 Å². The van der Waals surface area contributed by atoms with Crippen LogP contribution in [0.1, 0.15) is 54.1 Å². The smallest absolute Gasteiger partial charge is 0.205 e. The first-order chi connectivity index (χ1) is 15.5. The third-order valence-corrected chi connectivity index (χ3v) is 6.36. The Bertz CT molecular complexity index is 895. The molecular formula is C26H34ClNO4. The van der Waals surface area contributed by atoms with Gasteiger partial charge in [0.2, 0.25) is 5.75 Å². The van der Waals surface area contributed by atoms with Crippen molar-refractivity contribution >= 4 is 17.4 Å². The van der Waals surface area contributed by atoms with Gasteiger partial charge in [0.15, 0.2) is 17.3 Å². The van der Waals surface area contributed by atoms with Crippen molar-refractivity contribution in [1.82, 2.24) is 4.90 Å². The molecule has 174 valence electrons. The van der Waals surface area contributed by atoms with Gasteiger partial charge in [0.25, 0.3) is 0 Å². The molecule has 1 fully saturated rings. The fourth-order valence-electron chi connectivity index (χ4n) is 4.20. The van der Waals surface area contributed by atoms with E-state index in [4.69, 9.17) is 25.8 Å². The molecule has 0 amide bonds. The molecule has 1 aliphatic heterocycles. The van der Waals surface area contributed by atoms with E-state index in [1.165, 1.54) is 31.7 Å². The number of carbonyl (C=O) groups is 1. The molecule has 2 aromatic carbocycles. The highest BCUT2D eigenvalue weighted by Crippen LogP contribution is 2.48. The normalized spacial score (nSPS) is 14.2. The van der Waals surface area contributed by atoms with E-state index in [2.05, 4.69) is 17.0 Å². The minimum absolute atomic E-state index is 0.103. The number of rotatable bonds is 11. The van der Waals surface area contributed by atoms with Crippen molar-refractivity contribution in [3.63, 3.8) is 0 Å². The van der Waals surface area contributed by atoms with Crippen LogP contribution in [0.2, 0.25) is 5.02 Å². The van der Waals surface area contributed by atoms with E-state index in [0.717, 1.165) is 32.5 Å². The Morgan fingerprint density at radius 1 is 1.00 bits per heavy atom. The number of nitrogens with zero attached hydrogens (tertiary/aromatic N) is 1. The van der Waals surface area contributed by atoms with Gasteiger partial charge >= 0.3 is 0 Å². The molecule has 0 N–H and O–H groups in total. The van der Waals surface area contributed by atoms with E-state index in [1.807, 2.05) is 25.1 Å². The molecule has 0 spiro atoms. The highest BCUT2D eigenvalue weighted by atomic mass is 35.5. The van der Waals surface area contributed by atoms with Gasteiger partial charge in [-0.2, -0.15) is 0 Å². The number of halogens is 1. The minimum atomic E-state index is -0.103. The van der Waals surface area contributed by atoms with Crippen LogP contribution < -0.4 is 14.2 Å². The first kappa shape index (κ1) is 24.4. The summed E-state index contributed by atoms with van der Waals surface area (Å²) >= 11 is 6.56. The third kappa shape index (κ3) is 6.17. The largest absolute Gasteiger partial charge is 0.491 e. The SMILES string of the molecule is COc1c(Cl)c(C)c(C(C)=O)c(OCCN2CCCCC2)c1OCCCc1ccccc1. The number of carbonyl (C=O) groups excluding carboxylic acids is 1. The summed E-state index contributed by atoms with van der Waals surface area (Å²) in [6, 6.07) is 10.3. The third-order valence-electron chi connectivity index (χ3n) is 5.90. The Kier molecular flexibility index (Phi) is 9.24. The van der Waals surface area contributed by atoms with Gasteiger partial charge in [0.05, 0.1) is 24.3 Å². The molecule has 6 heteroatoms. The van der Waals surface area contributed by atoms with Crippen molar-refractivity contribution in [2.75, 3.05) is 40.0 Å². The lowest BCUT2D eigenvalue weighted by atomic mass is 10.0. The van der Waals surface area contributed by atoms with Crippen LogP contribution in [0.5, 0.6) is 17.2 Å². The average molecular weight is 460 g/mol. The zero-order chi connectivity index (χ0) is 22.9. The summed E-state index contributed by atoms with van der Waals surface area (Å²) in [6.07, 6.45) is 5.46. The van der Waals surface area contributed by atoms with Crippen LogP contribution in [0.4, 0.5) is 0 Å². The molecule has 0 unspecified atom stereocenters. The number of hydrogen-bond acceptors (Lipinski definition) is 5. The second kappa shape index (κ2) is 12.1. The zero-order valence-corrected chi connectivity index (χ0v) is 20.2. The molecule has 1 saturated heterocycles. The van der Waals surface area contributed by atoms with Crippen LogP contribution >= 0.6 is 11.6 Å². The number of hydrogen-bond donors (Lipinski definition) is 0. The Labute approximate surface area is 196 Å². The topological polar surface area (TPSA) is 48.0 Å². The van der Waals surface area contributed by atoms with Gasteiger partial charge in [-0.3, -0.25) is 9.69 Å². The van der Waals surface area contributed by atoms with Crippen molar-refractivity contribution in [2.45, 2.75) is 46.0 Å². The fraction of sp³-hybridized carbons (Fsp3) is 0.500. The van der Waals surface area contributed by atoms with Crippen LogP contribution in [0.25, 0.3) is 0 Å². The molecule has 1 aliphatic rings. The maximum Gasteiger partial charge on any atom is 0.205 e. The number of piperidine rings is 1. The predicted octanol–water partition coefficient (Wildman–Crippen LogP) is 5.74. The molecule has 3 rings (SSSR count). The fourth-order valence-corrected chi connectivity index (χ4v) is 4.45. The van der Waals surface area contributed by atoms with Crippen molar-refractivity contribution in [3.05, 3.63) is 52.0 Å². The monoisotopic (exact) mass is 459 g/mol. The molecule has 0 aliphatic carbocycles. The number of methoxy groups -OCH3 is 1. The first-order valence-corrected chi connectivity index (χ1v) is 11.8. The molecule has 0 saturated carbocycles. The average Bonchev–Trinajstić information content (AvgIpc) is 2.80. The lowest BCUT2D eigenvalue weighted by molar-refractivity contribution is 0.101. The van der Waals surface area contributed by atoms with Gasteiger partial charge in [-0.1, -0.05) is 48.4 Å². The van der Waals surface area contributed by atoms with Crippen LogP contribution in [0.3, 0.4) is 0 Å². The lowest BCUT2D eigenvalue weighted by Crippen LogP contribution is -2.33. The summed E-state index contributed by atoms with van der Waals surface area (Å²) in [6.45, 7) is 7.29. The number of ketones is 1. The second-order valence-electron chi connectivity index (χ2n) is 8.25. The number of aryl methyl sites for hydroxylation is 1. The van der Waals surface area contributed by atoms with E-state index in [-0.39, 0.29) is 5.78 Å². The van der Waals surface area contributed by atoms with Crippen molar-refractivity contribution in [2.24, 2.45) is 0 Å². The van der Waals surface area contributed by atoms with Gasteiger partial charge in [-0.15, -0.1) is 0 Å². The van der Waals surface area contributed by atoms with Crippen molar-refractivity contribution in [3.8, 4) is 17.2 Å². The summed E-state index contributed by atoms with van der Waals surface area (Å²) in [5, 5.41) is 0.388. The van der Waals surface area contributed by atoms with E-state index < -0.39 is 0 Å². The predicted molar refractivity (Wildman–Crippen MR) is 129 cm³/mol. The standard InChI is InChI=1S/C26H34ClNO4/c1-19-22(20(2)29)24(32-18-16-28-14-8-5-9-15-28)26(25(30-3)23(19)27)31-17-10-13-21-11-6-4-7-12-21/h4,6-7,11-12H,5,8-10,13-18H2,1-3H3. The Balaban J connectivity index is 1.78. The van der Waals surface area contributed by atoms with Gasteiger partial charge < -0.3 is 14.2 Å². The maximum atomic E-state index is 12.5. The van der Waals surface area contributed by atoms with E-state index in [9.17, 15) is 4.79 Å². The lowest BCUT2D eigenvalue weighted by Gasteiger charge is -2.27. The van der Waals surface area contributed by atoms with Gasteiger partial charge in [-0.25, -0.2) is 0 Å². The van der Waals surface area contributed by atoms with Crippen LogP contribution in [0.15, 0.2) is 30.3 Å². The minimum Gasteiger partial charge on any atom is -0.491 e. The number of likely N-dealkylation sites (tertiary alicyclic amines) is 1. The molecule has 0 radical (unpaired) electrons. The second-order valence-corrected chi connectivity index (χ2v) is 8.63. The highest BCUT2D eigenvalue weighted by molar-refractivity contribution is 6.34. The number of ether oxygens (including phenoxy) is 3. The van der Waals surface area contributed by atoms with E-state index in [1.54, 1.807) is 7.11 Å². The van der Waals surface area contributed by atoms with Crippen molar-refractivity contribution < 1.29 is 19.0 Å². The maximum absolute atomic E-state index is 12.5.